The van der Waals surface area contributed by atoms with Crippen LogP contribution in [-0.2, 0) is 20.9 Å². The average molecular weight is 288 g/mol. The minimum absolute atomic E-state index is 0.558. The van der Waals surface area contributed by atoms with Crippen LogP contribution >= 0.6 is 0 Å². The van der Waals surface area contributed by atoms with Crippen molar-refractivity contribution in [2.24, 2.45) is 0 Å². The Morgan fingerprint density at radius 1 is 1.38 bits per heavy atom. The van der Waals surface area contributed by atoms with E-state index in [1.807, 2.05) is 18.2 Å². The molecule has 2 N–H and O–H groups in total. The van der Waals surface area contributed by atoms with Crippen molar-refractivity contribution in [2.45, 2.75) is 19.1 Å². The third kappa shape index (κ3) is 2.90. The maximum atomic E-state index is 11.7. The van der Waals surface area contributed by atoms with E-state index in [0.717, 1.165) is 13.1 Å². The lowest BCUT2D eigenvalue weighted by Crippen LogP contribution is -2.49. The number of carboxylic acid groups (broad SMARTS) is 1. The Labute approximate surface area is 122 Å². The summed E-state index contributed by atoms with van der Waals surface area (Å²) >= 11 is 0. The van der Waals surface area contributed by atoms with Gasteiger partial charge in [-0.15, -0.1) is 0 Å². The van der Waals surface area contributed by atoms with E-state index < -0.39 is 18.0 Å². The highest BCUT2D eigenvalue weighted by Crippen LogP contribution is 2.24. The van der Waals surface area contributed by atoms with Gasteiger partial charge in [-0.05, 0) is 5.56 Å². The third-order valence-corrected chi connectivity index (χ3v) is 3.62. The molecule has 21 heavy (non-hydrogen) atoms. The quantitative estimate of drug-likeness (QED) is 0.801. The first-order valence-corrected chi connectivity index (χ1v) is 6.82. The Bertz CT molecular complexity index is 597. The fourth-order valence-corrected chi connectivity index (χ4v) is 2.59. The van der Waals surface area contributed by atoms with Gasteiger partial charge >= 0.3 is 5.97 Å². The van der Waals surface area contributed by atoms with Crippen LogP contribution in [-0.4, -0.2) is 41.1 Å². The summed E-state index contributed by atoms with van der Waals surface area (Å²) in [5.74, 6) is -1.28. The van der Waals surface area contributed by atoms with E-state index in [2.05, 4.69) is 22.3 Å². The molecule has 1 aromatic rings. The van der Waals surface area contributed by atoms with Gasteiger partial charge < -0.3 is 15.2 Å². The summed E-state index contributed by atoms with van der Waals surface area (Å²) < 4.78 is 5.30. The van der Waals surface area contributed by atoms with E-state index in [-0.39, 0.29) is 0 Å². The Morgan fingerprint density at radius 2 is 2.14 bits per heavy atom. The maximum Gasteiger partial charge on any atom is 0.354 e. The number of ether oxygens (including phenoxy) is 1. The molecular weight excluding hydrogens is 272 g/mol. The third-order valence-electron chi connectivity index (χ3n) is 3.62. The monoisotopic (exact) mass is 288 g/mol. The second kappa shape index (κ2) is 5.57. The number of nitrogens with zero attached hydrogens (tertiary/aromatic N) is 1. The van der Waals surface area contributed by atoms with Crippen LogP contribution in [0.3, 0.4) is 0 Å². The van der Waals surface area contributed by atoms with Gasteiger partial charge in [0, 0.05) is 26.1 Å². The van der Waals surface area contributed by atoms with Crippen molar-refractivity contribution in [3.8, 4) is 0 Å². The van der Waals surface area contributed by atoms with Crippen molar-refractivity contribution in [3.63, 3.8) is 0 Å². The number of rotatable bonds is 3. The first-order valence-electron chi connectivity index (χ1n) is 6.82. The van der Waals surface area contributed by atoms with Gasteiger partial charge in [0.2, 0.25) is 0 Å². The molecule has 0 aliphatic carbocycles. The molecule has 110 valence electrons. The van der Waals surface area contributed by atoms with E-state index in [1.165, 1.54) is 5.56 Å². The summed E-state index contributed by atoms with van der Waals surface area (Å²) in [6.07, 6.45) is -0.823. The molecule has 0 saturated heterocycles. The highest BCUT2D eigenvalue weighted by atomic mass is 16.5. The van der Waals surface area contributed by atoms with Gasteiger partial charge in [0.15, 0.2) is 0 Å². The predicted octanol–water partition coefficient (Wildman–Crippen LogP) is 0.703. The van der Waals surface area contributed by atoms with Gasteiger partial charge in [0.25, 0.3) is 12.0 Å². The number of aliphatic carboxylic acids is 1. The van der Waals surface area contributed by atoms with E-state index in [9.17, 15) is 9.59 Å². The molecule has 1 amide bonds. The Hall–Kier alpha value is -2.34. The van der Waals surface area contributed by atoms with Gasteiger partial charge in [-0.2, -0.15) is 0 Å². The van der Waals surface area contributed by atoms with Crippen LogP contribution in [0.2, 0.25) is 0 Å². The first-order chi connectivity index (χ1) is 10.1. The lowest BCUT2D eigenvalue weighted by molar-refractivity contribution is -0.156. The normalized spacial score (nSPS) is 22.3. The van der Waals surface area contributed by atoms with Gasteiger partial charge in [0.05, 0.1) is 5.70 Å². The van der Waals surface area contributed by atoms with Crippen molar-refractivity contribution in [1.82, 2.24) is 10.2 Å². The second-order valence-corrected chi connectivity index (χ2v) is 5.17. The van der Waals surface area contributed by atoms with Crippen LogP contribution in [0.25, 0.3) is 0 Å². The SMILES string of the molecule is O=C(O)C1OC2=C(CN(Cc3ccccc3)CC2)NC1=O. The smallest absolute Gasteiger partial charge is 0.354 e. The van der Waals surface area contributed by atoms with Gasteiger partial charge in [0.1, 0.15) is 5.76 Å². The Balaban J connectivity index is 1.69. The minimum atomic E-state index is -1.43. The summed E-state index contributed by atoms with van der Waals surface area (Å²) in [5, 5.41) is 11.6. The Morgan fingerprint density at radius 3 is 2.86 bits per heavy atom. The topological polar surface area (TPSA) is 78.9 Å². The molecule has 0 radical (unpaired) electrons. The molecule has 3 rings (SSSR count). The van der Waals surface area contributed by atoms with Crippen LogP contribution in [0.1, 0.15) is 12.0 Å². The van der Waals surface area contributed by atoms with Crippen molar-refractivity contribution in [3.05, 3.63) is 47.4 Å². The molecule has 0 aromatic heterocycles. The summed E-state index contributed by atoms with van der Waals surface area (Å²) in [5.41, 5.74) is 1.88. The number of carboxylic acids is 1. The van der Waals surface area contributed by atoms with E-state index in [1.54, 1.807) is 0 Å². The molecule has 0 spiro atoms. The molecule has 1 aromatic carbocycles. The fourth-order valence-electron chi connectivity index (χ4n) is 2.59. The van der Waals surface area contributed by atoms with Crippen molar-refractivity contribution in [2.75, 3.05) is 13.1 Å². The standard InChI is InChI=1S/C15H16N2O4/c18-14-13(15(19)20)21-12-6-7-17(9-11(12)16-14)8-10-4-2-1-3-5-10/h1-5,13H,6-9H2,(H,16,18)(H,19,20). The molecule has 2 aliphatic rings. The number of hydrogen-bond donors (Lipinski definition) is 2. The zero-order chi connectivity index (χ0) is 14.8. The van der Waals surface area contributed by atoms with Gasteiger partial charge in [-0.3, -0.25) is 9.69 Å². The molecule has 6 nitrogen and oxygen atoms in total. The highest BCUT2D eigenvalue weighted by molar-refractivity contribution is 6.01. The molecule has 0 fully saturated rings. The maximum absolute atomic E-state index is 11.7. The van der Waals surface area contributed by atoms with Crippen LogP contribution in [0.5, 0.6) is 0 Å². The summed E-state index contributed by atoms with van der Waals surface area (Å²) in [6.45, 7) is 2.12. The number of carbonyl (C=O) groups is 2. The molecule has 2 heterocycles. The van der Waals surface area contributed by atoms with Crippen LogP contribution in [0.4, 0.5) is 0 Å². The molecule has 2 aliphatic heterocycles. The first kappa shape index (κ1) is 13.6. The lowest BCUT2D eigenvalue weighted by atomic mass is 10.1. The van der Waals surface area contributed by atoms with Crippen LogP contribution in [0.15, 0.2) is 41.8 Å². The van der Waals surface area contributed by atoms with Crippen molar-refractivity contribution < 1.29 is 19.4 Å². The van der Waals surface area contributed by atoms with Gasteiger partial charge in [-0.25, -0.2) is 4.79 Å². The van der Waals surface area contributed by atoms with Crippen molar-refractivity contribution in [1.29, 1.82) is 0 Å². The average Bonchev–Trinajstić information content (AvgIpc) is 2.47. The highest BCUT2D eigenvalue weighted by Gasteiger charge is 2.36. The molecule has 6 heteroatoms. The van der Waals surface area contributed by atoms with E-state index in [0.29, 0.717) is 24.4 Å². The molecular formula is C15H16N2O4. The number of carbonyl (C=O) groups excluding carboxylic acids is 1. The van der Waals surface area contributed by atoms with E-state index in [4.69, 9.17) is 9.84 Å². The second-order valence-electron chi connectivity index (χ2n) is 5.17. The zero-order valence-electron chi connectivity index (χ0n) is 11.4. The molecule has 1 unspecified atom stereocenters. The number of benzene rings is 1. The summed E-state index contributed by atoms with van der Waals surface area (Å²) in [6, 6.07) is 10.1. The van der Waals surface area contributed by atoms with Gasteiger partial charge in [-0.1, -0.05) is 30.3 Å². The molecule has 0 bridgehead atoms. The minimum Gasteiger partial charge on any atom is -0.478 e. The van der Waals surface area contributed by atoms with Crippen molar-refractivity contribution >= 4 is 11.9 Å². The Kier molecular flexibility index (Phi) is 3.62. The largest absolute Gasteiger partial charge is 0.478 e. The zero-order valence-corrected chi connectivity index (χ0v) is 11.4. The lowest BCUT2D eigenvalue weighted by Gasteiger charge is -2.34. The van der Waals surface area contributed by atoms with Crippen LogP contribution < -0.4 is 5.32 Å². The number of amides is 1. The fraction of sp³-hybridized carbons (Fsp3) is 0.333. The molecule has 0 saturated carbocycles. The number of nitrogens with one attached hydrogen (secondary N) is 1. The number of hydrogen-bond acceptors (Lipinski definition) is 4. The van der Waals surface area contributed by atoms with E-state index >= 15 is 0 Å². The predicted molar refractivity (Wildman–Crippen MR) is 74.0 cm³/mol. The molecule has 1 atom stereocenters. The van der Waals surface area contributed by atoms with Crippen LogP contribution in [0, 0.1) is 0 Å². The summed E-state index contributed by atoms with van der Waals surface area (Å²) in [7, 11) is 0. The summed E-state index contributed by atoms with van der Waals surface area (Å²) in [4.78, 5) is 24.8.